The van der Waals surface area contributed by atoms with Crippen molar-refractivity contribution in [1.29, 1.82) is 0 Å². The van der Waals surface area contributed by atoms with Crippen molar-refractivity contribution in [3.63, 3.8) is 0 Å². The number of thiophene rings is 1. The number of aryl methyl sites for hydroxylation is 1. The van der Waals surface area contributed by atoms with Gasteiger partial charge in [0.15, 0.2) is 5.78 Å². The van der Waals surface area contributed by atoms with E-state index in [-0.39, 0.29) is 5.78 Å². The van der Waals surface area contributed by atoms with Crippen molar-refractivity contribution < 1.29 is 14.3 Å². The molecule has 0 radical (unpaired) electrons. The van der Waals surface area contributed by atoms with Crippen molar-refractivity contribution in [2.45, 2.75) is 45.4 Å². The molecule has 2 saturated heterocycles. The number of carbonyl (C=O) groups is 1. The number of fused-ring (bicyclic) bond motifs is 1. The maximum atomic E-state index is 14.0. The van der Waals surface area contributed by atoms with Crippen LogP contribution in [0.4, 0.5) is 0 Å². The third-order valence-electron chi connectivity index (χ3n) is 8.59. The van der Waals surface area contributed by atoms with Gasteiger partial charge >= 0.3 is 0 Å². The number of nitrogens with zero attached hydrogens (tertiary/aromatic N) is 2. The number of carbonyl (C=O) groups excluding carboxylic acids is 1. The molecule has 0 unspecified atom stereocenters. The molecule has 0 atom stereocenters. The first-order valence-corrected chi connectivity index (χ1v) is 16.6. The Bertz CT molecular complexity index is 1480. The van der Waals surface area contributed by atoms with Gasteiger partial charge in [0.25, 0.3) is 0 Å². The zero-order chi connectivity index (χ0) is 28.7. The van der Waals surface area contributed by atoms with Gasteiger partial charge in [0.05, 0.1) is 0 Å². The van der Waals surface area contributed by atoms with Gasteiger partial charge in [0.2, 0.25) is 0 Å². The number of rotatable bonds is 13. The van der Waals surface area contributed by atoms with Gasteiger partial charge in [-0.1, -0.05) is 37.6 Å². The number of ketones is 1. The maximum Gasteiger partial charge on any atom is 0.194 e. The molecule has 0 N–H and O–H groups in total. The lowest BCUT2D eigenvalue weighted by molar-refractivity contribution is 0.104. The topological polar surface area (TPSA) is 42.0 Å². The van der Waals surface area contributed by atoms with Gasteiger partial charge in [-0.05, 0) is 111 Å². The molecule has 0 saturated carbocycles. The highest BCUT2D eigenvalue weighted by Gasteiger charge is 2.20. The summed E-state index contributed by atoms with van der Waals surface area (Å²) in [6.45, 7) is 10.2. The summed E-state index contributed by atoms with van der Waals surface area (Å²) in [6.07, 6.45) is 7.06. The molecule has 6 heteroatoms. The number of likely N-dealkylation sites (tertiary alicyclic amines) is 2. The van der Waals surface area contributed by atoms with E-state index in [4.69, 9.17) is 9.47 Å². The highest BCUT2D eigenvalue weighted by molar-refractivity contribution is 7.17. The van der Waals surface area contributed by atoms with Crippen molar-refractivity contribution >= 4 is 27.2 Å². The van der Waals surface area contributed by atoms with Crippen LogP contribution in [0.3, 0.4) is 0 Å². The molecule has 0 amide bonds. The van der Waals surface area contributed by atoms with E-state index in [1.165, 1.54) is 51.9 Å². The fourth-order valence-electron chi connectivity index (χ4n) is 6.30. The van der Waals surface area contributed by atoms with Crippen LogP contribution in [0.2, 0.25) is 0 Å². The van der Waals surface area contributed by atoms with Crippen LogP contribution in [0.25, 0.3) is 21.2 Å². The molecule has 0 bridgehead atoms. The molecule has 3 aromatic carbocycles. The average Bonchev–Trinajstić information content (AvgIpc) is 3.81. The Morgan fingerprint density at radius 2 is 1.52 bits per heavy atom. The predicted molar refractivity (Wildman–Crippen MR) is 173 cm³/mol. The minimum atomic E-state index is 0.0662. The molecule has 0 aliphatic carbocycles. The van der Waals surface area contributed by atoms with Gasteiger partial charge in [-0.3, -0.25) is 14.6 Å². The van der Waals surface area contributed by atoms with Gasteiger partial charge in [0.1, 0.15) is 24.7 Å². The lowest BCUT2D eigenvalue weighted by Gasteiger charge is -2.17. The number of hydrogen-bond acceptors (Lipinski definition) is 6. The van der Waals surface area contributed by atoms with Crippen molar-refractivity contribution in [2.24, 2.45) is 0 Å². The zero-order valence-electron chi connectivity index (χ0n) is 24.8. The van der Waals surface area contributed by atoms with E-state index in [2.05, 4.69) is 53.1 Å². The van der Waals surface area contributed by atoms with Crippen LogP contribution < -0.4 is 9.47 Å². The average molecular weight is 583 g/mol. The van der Waals surface area contributed by atoms with Crippen molar-refractivity contribution in [3.8, 4) is 22.6 Å². The Morgan fingerprint density at radius 1 is 0.833 bits per heavy atom. The van der Waals surface area contributed by atoms with E-state index in [1.54, 1.807) is 11.3 Å². The largest absolute Gasteiger partial charge is 0.492 e. The summed E-state index contributed by atoms with van der Waals surface area (Å²) in [7, 11) is 0. The van der Waals surface area contributed by atoms with Crippen molar-refractivity contribution in [2.75, 3.05) is 52.5 Å². The molecule has 5 nitrogen and oxygen atoms in total. The third-order valence-corrected chi connectivity index (χ3v) is 9.54. The SMILES string of the molecule is CCCc1cc(C(=O)c2csc3cccc(-c4ccc(OCCN5CCCC5)cc4)c23)ccc1OCCN1CCCC1. The highest BCUT2D eigenvalue weighted by Crippen LogP contribution is 2.37. The van der Waals surface area contributed by atoms with Gasteiger partial charge in [0, 0.05) is 39.7 Å². The second-order valence-electron chi connectivity index (χ2n) is 11.5. The van der Waals surface area contributed by atoms with Gasteiger partial charge in [-0.25, -0.2) is 0 Å². The predicted octanol–water partition coefficient (Wildman–Crippen LogP) is 7.70. The summed E-state index contributed by atoms with van der Waals surface area (Å²) in [5, 5.41) is 3.05. The quantitative estimate of drug-likeness (QED) is 0.151. The summed E-state index contributed by atoms with van der Waals surface area (Å²) < 4.78 is 13.4. The van der Waals surface area contributed by atoms with E-state index in [1.807, 2.05) is 29.6 Å². The van der Waals surface area contributed by atoms with Crippen LogP contribution in [0.15, 0.2) is 66.0 Å². The van der Waals surface area contributed by atoms with E-state index >= 15 is 0 Å². The molecular formula is C36H42N2O3S. The monoisotopic (exact) mass is 582 g/mol. The minimum Gasteiger partial charge on any atom is -0.492 e. The van der Waals surface area contributed by atoms with Crippen LogP contribution >= 0.6 is 11.3 Å². The summed E-state index contributed by atoms with van der Waals surface area (Å²) in [4.78, 5) is 18.9. The zero-order valence-corrected chi connectivity index (χ0v) is 25.6. The van der Waals surface area contributed by atoms with Crippen LogP contribution in [0.1, 0.15) is 60.5 Å². The molecular weight excluding hydrogens is 540 g/mol. The summed E-state index contributed by atoms with van der Waals surface area (Å²) in [5.41, 5.74) is 4.78. The first-order valence-electron chi connectivity index (χ1n) is 15.7. The third kappa shape index (κ3) is 6.72. The summed E-state index contributed by atoms with van der Waals surface area (Å²) in [5.74, 6) is 1.86. The van der Waals surface area contributed by atoms with Gasteiger partial charge < -0.3 is 9.47 Å². The molecule has 3 heterocycles. The Hall–Kier alpha value is -3.19. The van der Waals surface area contributed by atoms with Crippen LogP contribution in [-0.2, 0) is 6.42 Å². The fraction of sp³-hybridized carbons (Fsp3) is 0.417. The standard InChI is InChI=1S/C36H42N2O3S/c1-2-8-28-25-29(13-16-33(28)41-24-22-38-19-5-6-20-38)36(39)32-26-42-34-10-7-9-31(35(32)34)27-11-14-30(15-12-27)40-23-21-37-17-3-4-18-37/h7,9-16,25-26H,2-6,8,17-24H2,1H3. The molecule has 2 aliphatic rings. The van der Waals surface area contributed by atoms with Crippen LogP contribution in [0, 0.1) is 0 Å². The Labute approximate surface area is 254 Å². The van der Waals surface area contributed by atoms with E-state index in [0.29, 0.717) is 13.2 Å². The number of hydrogen-bond donors (Lipinski definition) is 0. The highest BCUT2D eigenvalue weighted by atomic mass is 32.1. The maximum absolute atomic E-state index is 14.0. The van der Waals surface area contributed by atoms with Gasteiger partial charge in [-0.15, -0.1) is 11.3 Å². The molecule has 2 fully saturated rings. The second kappa shape index (κ2) is 13.9. The smallest absolute Gasteiger partial charge is 0.194 e. The second-order valence-corrected chi connectivity index (χ2v) is 12.5. The first kappa shape index (κ1) is 28.9. The van der Waals surface area contributed by atoms with E-state index in [9.17, 15) is 4.79 Å². The normalized spacial score (nSPS) is 15.9. The van der Waals surface area contributed by atoms with Crippen LogP contribution in [-0.4, -0.2) is 68.1 Å². The van der Waals surface area contributed by atoms with Gasteiger partial charge in [-0.2, -0.15) is 0 Å². The molecule has 0 spiro atoms. The van der Waals surface area contributed by atoms with Crippen molar-refractivity contribution in [1.82, 2.24) is 9.80 Å². The number of ether oxygens (including phenoxy) is 2. The Morgan fingerprint density at radius 3 is 2.21 bits per heavy atom. The molecule has 6 rings (SSSR count). The molecule has 4 aromatic rings. The molecule has 42 heavy (non-hydrogen) atoms. The molecule has 220 valence electrons. The Kier molecular flexibility index (Phi) is 9.54. The lowest BCUT2D eigenvalue weighted by Crippen LogP contribution is -2.25. The molecule has 1 aromatic heterocycles. The lowest BCUT2D eigenvalue weighted by atomic mass is 9.94. The molecule has 2 aliphatic heterocycles. The van der Waals surface area contributed by atoms with E-state index in [0.717, 1.165) is 75.3 Å². The fourth-order valence-corrected chi connectivity index (χ4v) is 7.26. The van der Waals surface area contributed by atoms with Crippen molar-refractivity contribution in [3.05, 3.63) is 82.7 Å². The summed E-state index contributed by atoms with van der Waals surface area (Å²) in [6, 6.07) is 20.6. The minimum absolute atomic E-state index is 0.0662. The number of benzene rings is 3. The van der Waals surface area contributed by atoms with Crippen LogP contribution in [0.5, 0.6) is 11.5 Å². The van der Waals surface area contributed by atoms with E-state index < -0.39 is 0 Å². The Balaban J connectivity index is 1.19. The first-order chi connectivity index (χ1) is 20.7. The summed E-state index contributed by atoms with van der Waals surface area (Å²) >= 11 is 1.63.